The van der Waals surface area contributed by atoms with E-state index < -0.39 is 0 Å². The molecule has 6 heteroatoms. The van der Waals surface area contributed by atoms with Crippen molar-refractivity contribution in [2.75, 3.05) is 0 Å². The summed E-state index contributed by atoms with van der Waals surface area (Å²) in [4.78, 5) is 0. The molecule has 0 saturated heterocycles. The van der Waals surface area contributed by atoms with Gasteiger partial charge in [-0.3, -0.25) is 0 Å². The summed E-state index contributed by atoms with van der Waals surface area (Å²) in [5, 5.41) is 10.2. The number of hydrogen-bond acceptors (Lipinski definition) is 3. The van der Waals surface area contributed by atoms with E-state index in [9.17, 15) is 0 Å². The molecule has 0 atom stereocenters. The van der Waals surface area contributed by atoms with Crippen LogP contribution in [0.2, 0.25) is 5.02 Å². The predicted molar refractivity (Wildman–Crippen MR) is 67.6 cm³/mol. The van der Waals surface area contributed by atoms with Gasteiger partial charge in [-0.1, -0.05) is 35.1 Å². The monoisotopic (exact) mass is 322 g/mol. The summed E-state index contributed by atoms with van der Waals surface area (Å²) in [5.74, 6) is 0.378. The summed E-state index contributed by atoms with van der Waals surface area (Å²) in [5.41, 5.74) is 0.875. The van der Waals surface area contributed by atoms with E-state index in [0.29, 0.717) is 10.9 Å². The van der Waals surface area contributed by atoms with Gasteiger partial charge in [-0.15, -0.1) is 21.8 Å². The highest BCUT2D eigenvalue weighted by Crippen LogP contribution is 2.35. The lowest BCUT2D eigenvalue weighted by atomic mass is 10.2. The number of hydrogen-bond donors (Lipinski definition) is 0. The molecule has 0 amide bonds. The molecule has 0 radical (unpaired) electrons. The number of alkyl halides is 1. The average Bonchev–Trinajstić information content (AvgIpc) is 2.70. The molecule has 15 heavy (non-hydrogen) atoms. The van der Waals surface area contributed by atoms with Crippen molar-refractivity contribution in [2.45, 2.75) is 5.88 Å². The van der Waals surface area contributed by atoms with Crippen LogP contribution >= 0.6 is 50.5 Å². The zero-order valence-electron chi connectivity index (χ0n) is 7.38. The van der Waals surface area contributed by atoms with Crippen molar-refractivity contribution in [2.24, 2.45) is 0 Å². The third-order valence-electron chi connectivity index (χ3n) is 1.76. The van der Waals surface area contributed by atoms with E-state index in [0.717, 1.165) is 20.1 Å². The second-order valence-corrected chi connectivity index (χ2v) is 5.30. The van der Waals surface area contributed by atoms with Crippen molar-refractivity contribution in [3.05, 3.63) is 32.7 Å². The molecule has 0 aliphatic rings. The molecule has 0 spiro atoms. The number of rotatable bonds is 2. The van der Waals surface area contributed by atoms with Gasteiger partial charge < -0.3 is 0 Å². The van der Waals surface area contributed by atoms with E-state index in [1.807, 2.05) is 18.2 Å². The fraction of sp³-hybridized carbons (Fsp3) is 0.111. The first-order valence-corrected chi connectivity index (χ1v) is 6.57. The van der Waals surface area contributed by atoms with Gasteiger partial charge in [-0.2, -0.15) is 0 Å². The first-order chi connectivity index (χ1) is 7.22. The van der Waals surface area contributed by atoms with Crippen molar-refractivity contribution >= 4 is 50.5 Å². The highest BCUT2D eigenvalue weighted by atomic mass is 79.9. The van der Waals surface area contributed by atoms with E-state index in [1.54, 1.807) is 0 Å². The van der Waals surface area contributed by atoms with Crippen LogP contribution in [0.1, 0.15) is 5.01 Å². The molecule has 2 nitrogen and oxygen atoms in total. The van der Waals surface area contributed by atoms with Crippen LogP contribution in [0.4, 0.5) is 0 Å². The molecule has 0 N–H and O–H groups in total. The average molecular weight is 324 g/mol. The van der Waals surface area contributed by atoms with Crippen LogP contribution in [0.3, 0.4) is 0 Å². The van der Waals surface area contributed by atoms with Gasteiger partial charge in [0.05, 0.1) is 10.9 Å². The Bertz CT molecular complexity index is 487. The summed E-state index contributed by atoms with van der Waals surface area (Å²) in [6.07, 6.45) is 0. The molecule has 0 aliphatic heterocycles. The van der Waals surface area contributed by atoms with Gasteiger partial charge in [0.2, 0.25) is 0 Å². The van der Waals surface area contributed by atoms with E-state index in [2.05, 4.69) is 26.1 Å². The molecule has 0 aliphatic carbocycles. The fourth-order valence-electron chi connectivity index (χ4n) is 1.09. The van der Waals surface area contributed by atoms with Crippen LogP contribution in [-0.2, 0) is 5.88 Å². The van der Waals surface area contributed by atoms with E-state index >= 15 is 0 Å². The van der Waals surface area contributed by atoms with Gasteiger partial charge in [0, 0.05) is 10.0 Å². The normalized spacial score (nSPS) is 10.6. The topological polar surface area (TPSA) is 25.8 Å². The predicted octanol–water partition coefficient (Wildman–Crippen LogP) is 4.36. The van der Waals surface area contributed by atoms with Gasteiger partial charge in [0.1, 0.15) is 10.0 Å². The van der Waals surface area contributed by atoms with Gasteiger partial charge in [0.25, 0.3) is 0 Å². The maximum absolute atomic E-state index is 6.14. The third-order valence-corrected chi connectivity index (χ3v) is 4.43. The van der Waals surface area contributed by atoms with Gasteiger partial charge in [0.15, 0.2) is 0 Å². The molecular formula is C9H5BrCl2N2S. The highest BCUT2D eigenvalue weighted by molar-refractivity contribution is 9.10. The number of aromatic nitrogens is 2. The van der Waals surface area contributed by atoms with Crippen LogP contribution in [-0.4, -0.2) is 10.2 Å². The maximum atomic E-state index is 6.14. The van der Waals surface area contributed by atoms with Crippen LogP contribution in [0, 0.1) is 0 Å². The molecule has 0 saturated carbocycles. The number of halogens is 3. The summed E-state index contributed by atoms with van der Waals surface area (Å²) in [6.45, 7) is 0. The van der Waals surface area contributed by atoms with E-state index in [4.69, 9.17) is 23.2 Å². The molecule has 1 aromatic heterocycles. The molecule has 1 heterocycles. The van der Waals surface area contributed by atoms with E-state index in [-0.39, 0.29) is 0 Å². The van der Waals surface area contributed by atoms with Crippen molar-refractivity contribution in [3.8, 4) is 10.6 Å². The quantitative estimate of drug-likeness (QED) is 0.767. The Morgan fingerprint density at radius 3 is 2.80 bits per heavy atom. The fourth-order valence-corrected chi connectivity index (χ4v) is 2.66. The molecule has 0 unspecified atom stereocenters. The second-order valence-electron chi connectivity index (χ2n) is 2.74. The summed E-state index contributed by atoms with van der Waals surface area (Å²) in [7, 11) is 0. The molecule has 0 bridgehead atoms. The molecule has 2 rings (SSSR count). The summed E-state index contributed by atoms with van der Waals surface area (Å²) < 4.78 is 0.851. The number of benzene rings is 1. The Hall–Kier alpha value is -0.160. The Morgan fingerprint density at radius 2 is 2.13 bits per heavy atom. The lowest BCUT2D eigenvalue weighted by Gasteiger charge is -2.00. The molecule has 0 fully saturated rings. The third kappa shape index (κ3) is 2.33. The molecule has 2 aromatic rings. The smallest absolute Gasteiger partial charge is 0.142 e. The minimum atomic E-state index is 0.378. The van der Waals surface area contributed by atoms with Crippen molar-refractivity contribution in [1.82, 2.24) is 10.2 Å². The van der Waals surface area contributed by atoms with Crippen LogP contribution < -0.4 is 0 Å². The van der Waals surface area contributed by atoms with Crippen molar-refractivity contribution in [1.29, 1.82) is 0 Å². The molecular weight excluding hydrogens is 319 g/mol. The van der Waals surface area contributed by atoms with Gasteiger partial charge in [-0.25, -0.2) is 0 Å². The minimum Gasteiger partial charge on any atom is -0.142 e. The van der Waals surface area contributed by atoms with Crippen molar-refractivity contribution < 1.29 is 0 Å². The first kappa shape index (κ1) is 11.3. The zero-order valence-corrected chi connectivity index (χ0v) is 11.3. The van der Waals surface area contributed by atoms with Crippen LogP contribution in [0.5, 0.6) is 0 Å². The Morgan fingerprint density at radius 1 is 1.33 bits per heavy atom. The standard InChI is InChI=1S/C9H5BrCl2N2S/c10-6-3-1-2-5(8(6)12)9-14-13-7(4-11)15-9/h1-3H,4H2. The van der Waals surface area contributed by atoms with Crippen molar-refractivity contribution in [3.63, 3.8) is 0 Å². The highest BCUT2D eigenvalue weighted by Gasteiger charge is 2.11. The minimum absolute atomic E-state index is 0.378. The number of nitrogens with zero attached hydrogens (tertiary/aromatic N) is 2. The van der Waals surface area contributed by atoms with Crippen LogP contribution in [0.15, 0.2) is 22.7 Å². The lowest BCUT2D eigenvalue weighted by molar-refractivity contribution is 1.04. The maximum Gasteiger partial charge on any atom is 0.149 e. The van der Waals surface area contributed by atoms with Gasteiger partial charge in [-0.05, 0) is 22.0 Å². The summed E-state index contributed by atoms with van der Waals surface area (Å²) in [6, 6.07) is 5.70. The Kier molecular flexibility index (Phi) is 3.61. The lowest BCUT2D eigenvalue weighted by Crippen LogP contribution is -1.79. The first-order valence-electron chi connectivity index (χ1n) is 4.05. The zero-order chi connectivity index (χ0) is 10.8. The SMILES string of the molecule is ClCc1nnc(-c2cccc(Br)c2Cl)s1. The Labute approximate surface area is 109 Å². The largest absolute Gasteiger partial charge is 0.149 e. The van der Waals surface area contributed by atoms with Gasteiger partial charge >= 0.3 is 0 Å². The van der Waals surface area contributed by atoms with Crippen LogP contribution in [0.25, 0.3) is 10.6 Å². The molecule has 78 valence electrons. The summed E-state index contributed by atoms with van der Waals surface area (Å²) >= 11 is 16.6. The Balaban J connectivity index is 2.49. The second kappa shape index (κ2) is 4.78. The molecule has 1 aromatic carbocycles. The van der Waals surface area contributed by atoms with E-state index in [1.165, 1.54) is 11.3 Å².